The molecule has 0 aliphatic heterocycles. The number of aryl methyl sites for hydroxylation is 2. The van der Waals surface area contributed by atoms with E-state index in [1.165, 1.54) is 27.7 Å². The van der Waals surface area contributed by atoms with Crippen molar-refractivity contribution in [2.45, 2.75) is 123 Å². The fourth-order valence-electron chi connectivity index (χ4n) is 9.33. The highest BCUT2D eigenvalue weighted by Gasteiger charge is 2.31. The van der Waals surface area contributed by atoms with Crippen LogP contribution in [0.5, 0.6) is 0 Å². The van der Waals surface area contributed by atoms with Crippen molar-refractivity contribution < 1.29 is 29.4 Å². The van der Waals surface area contributed by atoms with E-state index in [1.54, 1.807) is 13.8 Å². The second kappa shape index (κ2) is 24.0. The topological polar surface area (TPSA) is 203 Å². The van der Waals surface area contributed by atoms with Crippen molar-refractivity contribution in [3.8, 4) is 22.3 Å². The number of nitrogens with one attached hydrogen (secondary N) is 5. The number of carbonyl (C=O) groups excluding carboxylic acids is 4. The molecule has 2 aromatic heterocycles. The number of aliphatic hydroxyl groups is 2. The summed E-state index contributed by atoms with van der Waals surface area (Å²) in [5.74, 6) is 0.165. The van der Waals surface area contributed by atoms with E-state index in [4.69, 9.17) is 5.10 Å². The van der Waals surface area contributed by atoms with Gasteiger partial charge in [-0.2, -0.15) is 10.2 Å². The monoisotopic (exact) mass is 880 g/mol. The van der Waals surface area contributed by atoms with Crippen molar-refractivity contribution in [2.75, 3.05) is 10.6 Å². The quantitative estimate of drug-likeness (QED) is 0.0356. The van der Waals surface area contributed by atoms with Crippen LogP contribution in [0.3, 0.4) is 0 Å². The summed E-state index contributed by atoms with van der Waals surface area (Å²) in [6, 6.07) is 24.3. The lowest BCUT2D eigenvalue weighted by Gasteiger charge is -2.29. The molecule has 0 saturated heterocycles. The van der Waals surface area contributed by atoms with Crippen LogP contribution < -0.4 is 21.1 Å². The fraction of sp³-hybridized carbons (Fsp3) is 0.429. The predicted octanol–water partition coefficient (Wildman–Crippen LogP) is 6.97. The lowest BCUT2D eigenvalue weighted by atomic mass is 9.81. The highest BCUT2D eigenvalue weighted by atomic mass is 16.3. The molecule has 2 saturated carbocycles. The van der Waals surface area contributed by atoms with E-state index in [1.807, 2.05) is 97.4 Å². The summed E-state index contributed by atoms with van der Waals surface area (Å²) in [5, 5.41) is 44.3. The van der Waals surface area contributed by atoms with E-state index in [-0.39, 0.29) is 23.7 Å². The summed E-state index contributed by atoms with van der Waals surface area (Å²) in [4.78, 5) is 47.6. The van der Waals surface area contributed by atoms with Crippen LogP contribution in [0.25, 0.3) is 22.3 Å². The Bertz CT molecular complexity index is 2310. The Morgan fingerprint density at radius 1 is 0.708 bits per heavy atom. The van der Waals surface area contributed by atoms with Gasteiger partial charge in [0.2, 0.25) is 11.8 Å². The Kier molecular flexibility index (Phi) is 18.0. The summed E-state index contributed by atoms with van der Waals surface area (Å²) in [5.41, 5.74) is 9.19. The number of benzene rings is 3. The van der Waals surface area contributed by atoms with Gasteiger partial charge in [-0.3, -0.25) is 19.4 Å². The highest BCUT2D eigenvalue weighted by molar-refractivity contribution is 6.65. The Labute approximate surface area is 383 Å². The number of amides is 2. The molecular weight excluding hydrogens is 818 g/mol. The molecule has 2 aliphatic rings. The minimum atomic E-state index is -0.694. The second-order valence-electron chi connectivity index (χ2n) is 17.3. The number of rotatable bonds is 18. The lowest BCUT2D eigenvalue weighted by Crippen LogP contribution is -2.48. The first-order chi connectivity index (χ1) is 31.5. The van der Waals surface area contributed by atoms with Crippen LogP contribution in [-0.4, -0.2) is 81.3 Å². The molecule has 65 heavy (non-hydrogen) atoms. The van der Waals surface area contributed by atoms with Crippen molar-refractivity contribution in [2.24, 2.45) is 11.8 Å². The van der Waals surface area contributed by atoms with Crippen molar-refractivity contribution in [1.29, 1.82) is 0 Å². The third-order valence-electron chi connectivity index (χ3n) is 12.5. The maximum atomic E-state index is 13.1. The highest BCUT2D eigenvalue weighted by Crippen LogP contribution is 2.34. The van der Waals surface area contributed by atoms with Gasteiger partial charge >= 0.3 is 0 Å². The van der Waals surface area contributed by atoms with Crippen LogP contribution >= 0.6 is 0 Å². The third kappa shape index (κ3) is 13.0. The van der Waals surface area contributed by atoms with Crippen LogP contribution in [0.4, 0.5) is 11.4 Å². The first kappa shape index (κ1) is 48.8. The number of hydrogen-bond donors (Lipinski definition) is 7. The van der Waals surface area contributed by atoms with Crippen LogP contribution in [0, 0.1) is 25.7 Å². The number of H-pyrrole nitrogens is 1. The molecule has 4 atom stereocenters. The molecule has 340 valence electrons. The van der Waals surface area contributed by atoms with Crippen LogP contribution in [0.1, 0.15) is 119 Å². The van der Waals surface area contributed by atoms with E-state index < -0.39 is 24.3 Å². The molecule has 5 aromatic rings. The van der Waals surface area contributed by atoms with Gasteiger partial charge in [-0.1, -0.05) is 93.1 Å². The van der Waals surface area contributed by atoms with Crippen molar-refractivity contribution in [1.82, 2.24) is 30.4 Å². The molecule has 0 spiro atoms. The maximum absolute atomic E-state index is 13.1. The smallest absolute Gasteiger partial charge is 0.291 e. The Morgan fingerprint density at radius 3 is 1.63 bits per heavy atom. The second-order valence-corrected chi connectivity index (χ2v) is 17.3. The van der Waals surface area contributed by atoms with Crippen molar-refractivity contribution in [3.05, 3.63) is 107 Å². The van der Waals surface area contributed by atoms with Gasteiger partial charge in [0, 0.05) is 28.2 Å². The molecule has 2 fully saturated rings. The SMILES string of the molecule is Cc1[nH]nc(C(C)O)c1-c1ccc(NC(=O)[C@@H](N[B]C=O)C2CCCCC2)cc1.Cc1nn(Cc2ccccc2)c(C(C)O)c1-c1ccc(NC(=O)[C@@H](N[B]C=O)C2CCCCC2)cc1. The minimum absolute atomic E-state index is 0.132. The van der Waals surface area contributed by atoms with Gasteiger partial charge in [0.1, 0.15) is 0 Å². The molecule has 16 heteroatoms. The van der Waals surface area contributed by atoms with Gasteiger partial charge in [0.15, 0.2) is 0 Å². The number of anilines is 2. The van der Waals surface area contributed by atoms with Crippen LogP contribution in [0.15, 0.2) is 78.9 Å². The van der Waals surface area contributed by atoms with Crippen LogP contribution in [0.2, 0.25) is 0 Å². The standard InChI is InChI=1S/C28H34BN4O3.C21H28BN4O3/c1-19-25(27(20(2)35)33(32-19)17-21-9-5-3-6-10-21)22-13-15-24(16-14-22)30-28(36)26(31-29-18-34)23-11-7-4-8-12-23;1-13-18(19(14(2)28)26-25-13)15-8-10-17(11-9-15)23-21(29)20(24-22-12-27)16-6-4-3-5-7-16/h3,5-6,9-10,13-16,18,20,23,26,31,35H,4,7-8,11-12,17H2,1-2H3,(H,30,36);8-12,14,16,20,24,28H,3-7H2,1-2H3,(H,23,29)(H,25,26)/t20?,26-;14?,20-/m00/s1. The van der Waals surface area contributed by atoms with Crippen molar-refractivity contribution >= 4 is 50.4 Å². The normalized spacial score (nSPS) is 16.2. The Morgan fingerprint density at radius 2 is 1.18 bits per heavy atom. The third-order valence-corrected chi connectivity index (χ3v) is 12.5. The van der Waals surface area contributed by atoms with Gasteiger partial charge in [0.05, 0.1) is 60.3 Å². The molecule has 7 N–H and O–H groups in total. The average Bonchev–Trinajstić information content (AvgIpc) is 3.87. The summed E-state index contributed by atoms with van der Waals surface area (Å²) in [7, 11) is 2.62. The molecule has 2 heterocycles. The Hall–Kier alpha value is -5.67. The summed E-state index contributed by atoms with van der Waals surface area (Å²) in [6.45, 7) is 7.87. The first-order valence-corrected chi connectivity index (χ1v) is 22.9. The summed E-state index contributed by atoms with van der Waals surface area (Å²) in [6.07, 6.45) is 10.7. The lowest BCUT2D eigenvalue weighted by molar-refractivity contribution is -0.120. The van der Waals surface area contributed by atoms with E-state index >= 15 is 0 Å². The number of hydrogen-bond acceptors (Lipinski definition) is 10. The molecular formula is C49H62B2N8O6. The Balaban J connectivity index is 0.000000221. The van der Waals surface area contributed by atoms with E-state index in [9.17, 15) is 29.4 Å². The predicted molar refractivity (Wildman–Crippen MR) is 257 cm³/mol. The van der Waals surface area contributed by atoms with Gasteiger partial charge in [-0.25, -0.2) is 0 Å². The minimum Gasteiger partial charge on any atom is -0.387 e. The number of aromatic nitrogens is 4. The molecule has 2 unspecified atom stereocenters. The zero-order valence-electron chi connectivity index (χ0n) is 37.9. The summed E-state index contributed by atoms with van der Waals surface area (Å²) >= 11 is 0. The molecule has 2 radical (unpaired) electrons. The molecule has 7 rings (SSSR count). The number of nitrogens with zero attached hydrogens (tertiary/aromatic N) is 3. The number of aliphatic hydroxyl groups excluding tert-OH is 2. The first-order valence-electron chi connectivity index (χ1n) is 22.9. The largest absolute Gasteiger partial charge is 0.387 e. The van der Waals surface area contributed by atoms with Crippen molar-refractivity contribution in [3.63, 3.8) is 0 Å². The van der Waals surface area contributed by atoms with Gasteiger partial charge in [-0.15, -0.1) is 0 Å². The van der Waals surface area contributed by atoms with Gasteiger partial charge in [-0.05, 0) is 106 Å². The number of aromatic amines is 1. The number of carbonyl (C=O) groups is 4. The molecule has 14 nitrogen and oxygen atoms in total. The summed E-state index contributed by atoms with van der Waals surface area (Å²) < 4.78 is 1.87. The van der Waals surface area contributed by atoms with Gasteiger partial charge < -0.3 is 40.9 Å². The molecule has 0 bridgehead atoms. The molecule has 2 aliphatic carbocycles. The van der Waals surface area contributed by atoms with E-state index in [0.29, 0.717) is 36.0 Å². The molecule has 3 aromatic carbocycles. The average molecular weight is 881 g/mol. The van der Waals surface area contributed by atoms with E-state index in [2.05, 4.69) is 31.3 Å². The zero-order valence-corrected chi connectivity index (χ0v) is 37.9. The zero-order chi connectivity index (χ0) is 46.3. The molecule has 2 amide bonds. The van der Waals surface area contributed by atoms with Crippen LogP contribution in [-0.2, 0) is 25.7 Å². The van der Waals surface area contributed by atoms with E-state index in [0.717, 1.165) is 96.3 Å². The fourth-order valence-corrected chi connectivity index (χ4v) is 9.33. The van der Waals surface area contributed by atoms with Gasteiger partial charge in [0.25, 0.3) is 14.8 Å². The maximum Gasteiger partial charge on any atom is 0.291 e.